The van der Waals surface area contributed by atoms with Crippen LogP contribution >= 0.6 is 11.8 Å². The maximum atomic E-state index is 10.4. The van der Waals surface area contributed by atoms with Gasteiger partial charge in [0.05, 0.1) is 19.3 Å². The molecule has 0 bridgehead atoms. The van der Waals surface area contributed by atoms with E-state index in [1.807, 2.05) is 31.2 Å². The molecule has 5 nitrogen and oxygen atoms in total. The van der Waals surface area contributed by atoms with Gasteiger partial charge >= 0.3 is 0 Å². The zero-order chi connectivity index (χ0) is 15.8. The zero-order valence-corrected chi connectivity index (χ0v) is 14.1. The molecule has 1 fully saturated rings. The lowest BCUT2D eigenvalue weighted by Crippen LogP contribution is -2.47. The summed E-state index contributed by atoms with van der Waals surface area (Å²) in [5.74, 6) is 3.40. The van der Waals surface area contributed by atoms with Crippen LogP contribution in [0.5, 0.6) is 5.75 Å². The highest BCUT2D eigenvalue weighted by molar-refractivity contribution is 7.99. The van der Waals surface area contributed by atoms with Crippen LogP contribution in [0.25, 0.3) is 0 Å². The fourth-order valence-corrected chi connectivity index (χ4v) is 3.52. The first-order valence-corrected chi connectivity index (χ1v) is 8.76. The molecule has 1 heterocycles. The average Bonchev–Trinajstić information content (AvgIpc) is 2.98. The van der Waals surface area contributed by atoms with E-state index in [2.05, 4.69) is 15.6 Å². The van der Waals surface area contributed by atoms with Crippen molar-refractivity contribution in [1.29, 1.82) is 0 Å². The summed E-state index contributed by atoms with van der Waals surface area (Å²) in [4.78, 5) is 4.57. The van der Waals surface area contributed by atoms with Crippen molar-refractivity contribution in [3.05, 3.63) is 29.8 Å². The molecule has 1 atom stereocenters. The summed E-state index contributed by atoms with van der Waals surface area (Å²) >= 11 is 1.80. The molecule has 0 amide bonds. The zero-order valence-electron chi connectivity index (χ0n) is 13.3. The Kier molecular flexibility index (Phi) is 6.39. The highest BCUT2D eigenvalue weighted by Gasteiger charge is 2.31. The Morgan fingerprint density at radius 3 is 2.73 bits per heavy atom. The van der Waals surface area contributed by atoms with E-state index >= 15 is 0 Å². The van der Waals surface area contributed by atoms with E-state index in [0.717, 1.165) is 41.7 Å². The number of benzene rings is 1. The minimum absolute atomic E-state index is 0.536. The number of nitrogens with zero attached hydrogens (tertiary/aromatic N) is 1. The van der Waals surface area contributed by atoms with Gasteiger partial charge < -0.3 is 20.5 Å². The Hall–Kier alpha value is -1.40. The molecule has 122 valence electrons. The maximum absolute atomic E-state index is 10.4. The summed E-state index contributed by atoms with van der Waals surface area (Å²) in [7, 11) is 1.66. The minimum atomic E-state index is -0.610. The second kappa shape index (κ2) is 8.29. The third kappa shape index (κ3) is 5.10. The van der Waals surface area contributed by atoms with Gasteiger partial charge in [-0.25, -0.2) is 4.99 Å². The van der Waals surface area contributed by atoms with Crippen molar-refractivity contribution in [3.8, 4) is 5.75 Å². The van der Waals surface area contributed by atoms with Gasteiger partial charge in [0.2, 0.25) is 0 Å². The number of hydrogen-bond donors (Lipinski definition) is 3. The molecule has 1 aliphatic rings. The Labute approximate surface area is 136 Å². The SMILES string of the molecule is CCNC(=NCc1ccc(OC)cc1)NCC1(O)CCSC1. The van der Waals surface area contributed by atoms with Crippen molar-refractivity contribution < 1.29 is 9.84 Å². The van der Waals surface area contributed by atoms with Gasteiger partial charge in [0.1, 0.15) is 5.75 Å². The highest BCUT2D eigenvalue weighted by atomic mass is 32.2. The molecule has 1 aromatic rings. The van der Waals surface area contributed by atoms with E-state index < -0.39 is 5.60 Å². The Bertz CT molecular complexity index is 485. The molecule has 6 heteroatoms. The molecule has 0 spiro atoms. The monoisotopic (exact) mass is 323 g/mol. The maximum Gasteiger partial charge on any atom is 0.191 e. The summed E-state index contributed by atoms with van der Waals surface area (Å²) in [6, 6.07) is 7.88. The van der Waals surface area contributed by atoms with Gasteiger partial charge in [-0.1, -0.05) is 12.1 Å². The van der Waals surface area contributed by atoms with Crippen molar-refractivity contribution in [3.63, 3.8) is 0 Å². The van der Waals surface area contributed by atoms with E-state index in [0.29, 0.717) is 13.1 Å². The fourth-order valence-electron chi connectivity index (χ4n) is 2.23. The summed E-state index contributed by atoms with van der Waals surface area (Å²) < 4.78 is 5.15. The van der Waals surface area contributed by atoms with E-state index in [4.69, 9.17) is 4.74 Å². The van der Waals surface area contributed by atoms with Crippen LogP contribution in [0.15, 0.2) is 29.3 Å². The number of aliphatic imine (C=N–C) groups is 1. The van der Waals surface area contributed by atoms with E-state index in [1.54, 1.807) is 18.9 Å². The third-order valence-electron chi connectivity index (χ3n) is 3.59. The normalized spacial score (nSPS) is 21.7. The van der Waals surface area contributed by atoms with Gasteiger partial charge in [0, 0.05) is 18.8 Å². The van der Waals surface area contributed by atoms with Crippen LogP contribution in [0.3, 0.4) is 0 Å². The van der Waals surface area contributed by atoms with Gasteiger partial charge in [-0.15, -0.1) is 0 Å². The standard InChI is InChI=1S/C16H25N3O2S/c1-3-17-15(19-11-16(20)8-9-22-12-16)18-10-13-4-6-14(21-2)7-5-13/h4-7,20H,3,8-12H2,1-2H3,(H2,17,18,19). The van der Waals surface area contributed by atoms with Crippen molar-refractivity contribution in [2.75, 3.05) is 31.7 Å². The van der Waals surface area contributed by atoms with E-state index in [9.17, 15) is 5.11 Å². The molecule has 0 aromatic heterocycles. The lowest BCUT2D eigenvalue weighted by atomic mass is 10.0. The second-order valence-corrected chi connectivity index (χ2v) is 6.53. The lowest BCUT2D eigenvalue weighted by Gasteiger charge is -2.23. The van der Waals surface area contributed by atoms with Gasteiger partial charge in [0.15, 0.2) is 5.96 Å². The van der Waals surface area contributed by atoms with Gasteiger partial charge in [-0.2, -0.15) is 11.8 Å². The molecule has 0 aliphatic carbocycles. The summed E-state index contributed by atoms with van der Waals surface area (Å²) in [5.41, 5.74) is 0.508. The molecule has 1 aromatic carbocycles. The first kappa shape index (κ1) is 17.0. The summed E-state index contributed by atoms with van der Waals surface area (Å²) in [5, 5.41) is 16.8. The molecule has 22 heavy (non-hydrogen) atoms. The molecule has 1 saturated heterocycles. The van der Waals surface area contributed by atoms with E-state index in [1.165, 1.54) is 0 Å². The van der Waals surface area contributed by atoms with Crippen molar-refractivity contribution >= 4 is 17.7 Å². The van der Waals surface area contributed by atoms with Crippen LogP contribution in [-0.2, 0) is 6.54 Å². The number of ether oxygens (including phenoxy) is 1. The number of methoxy groups -OCH3 is 1. The average molecular weight is 323 g/mol. The van der Waals surface area contributed by atoms with Gasteiger partial charge in [0.25, 0.3) is 0 Å². The summed E-state index contributed by atoms with van der Waals surface area (Å²) in [6.07, 6.45) is 0.836. The van der Waals surface area contributed by atoms with E-state index in [-0.39, 0.29) is 0 Å². The second-order valence-electron chi connectivity index (χ2n) is 5.42. The number of guanidine groups is 1. The molecular weight excluding hydrogens is 298 g/mol. The topological polar surface area (TPSA) is 65.9 Å². The van der Waals surface area contributed by atoms with Crippen LogP contribution in [-0.4, -0.2) is 48.4 Å². The molecule has 1 aliphatic heterocycles. The largest absolute Gasteiger partial charge is 0.497 e. The third-order valence-corrected chi connectivity index (χ3v) is 4.82. The van der Waals surface area contributed by atoms with Gasteiger partial charge in [-0.3, -0.25) is 0 Å². The molecule has 0 radical (unpaired) electrons. The smallest absolute Gasteiger partial charge is 0.191 e. The first-order chi connectivity index (χ1) is 10.6. The predicted molar refractivity (Wildman–Crippen MR) is 92.7 cm³/mol. The molecule has 1 unspecified atom stereocenters. The number of nitrogens with one attached hydrogen (secondary N) is 2. The quantitative estimate of drug-likeness (QED) is 0.548. The predicted octanol–water partition coefficient (Wildman–Crippen LogP) is 1.62. The molecule has 2 rings (SSSR count). The number of rotatable bonds is 6. The van der Waals surface area contributed by atoms with Gasteiger partial charge in [-0.05, 0) is 36.8 Å². The van der Waals surface area contributed by atoms with Crippen LogP contribution < -0.4 is 15.4 Å². The molecule has 3 N–H and O–H groups in total. The fraction of sp³-hybridized carbons (Fsp3) is 0.562. The van der Waals surface area contributed by atoms with Crippen LogP contribution in [0.1, 0.15) is 18.9 Å². The van der Waals surface area contributed by atoms with Crippen LogP contribution in [0.4, 0.5) is 0 Å². The Morgan fingerprint density at radius 1 is 1.36 bits per heavy atom. The van der Waals surface area contributed by atoms with Crippen LogP contribution in [0, 0.1) is 0 Å². The van der Waals surface area contributed by atoms with Crippen LogP contribution in [0.2, 0.25) is 0 Å². The Balaban J connectivity index is 1.90. The number of thioether (sulfide) groups is 1. The Morgan fingerprint density at radius 2 is 2.14 bits per heavy atom. The first-order valence-electron chi connectivity index (χ1n) is 7.60. The summed E-state index contributed by atoms with van der Waals surface area (Å²) in [6.45, 7) is 3.95. The minimum Gasteiger partial charge on any atom is -0.497 e. The molecular formula is C16H25N3O2S. The lowest BCUT2D eigenvalue weighted by molar-refractivity contribution is 0.0724. The highest BCUT2D eigenvalue weighted by Crippen LogP contribution is 2.26. The van der Waals surface area contributed by atoms with Crippen molar-refractivity contribution in [2.24, 2.45) is 4.99 Å². The number of aliphatic hydroxyl groups is 1. The van der Waals surface area contributed by atoms with Crippen molar-refractivity contribution in [1.82, 2.24) is 10.6 Å². The molecule has 0 saturated carbocycles. The van der Waals surface area contributed by atoms with Crippen molar-refractivity contribution in [2.45, 2.75) is 25.5 Å². The number of hydrogen-bond acceptors (Lipinski definition) is 4.